The molecule has 0 heterocycles. The average Bonchev–Trinajstić information content (AvgIpc) is 2.46. The molecule has 24 heavy (non-hydrogen) atoms. The second kappa shape index (κ2) is 9.07. The van der Waals surface area contributed by atoms with Gasteiger partial charge >= 0.3 is 12.0 Å². The Morgan fingerprint density at radius 3 is 2.54 bits per heavy atom. The quantitative estimate of drug-likeness (QED) is 0.647. The van der Waals surface area contributed by atoms with Crippen LogP contribution in [0.3, 0.4) is 0 Å². The molecule has 0 aliphatic heterocycles. The Labute approximate surface area is 143 Å². The summed E-state index contributed by atoms with van der Waals surface area (Å²) in [5.74, 6) is -2.15. The van der Waals surface area contributed by atoms with Crippen molar-refractivity contribution in [1.29, 1.82) is 0 Å². The van der Waals surface area contributed by atoms with Crippen LogP contribution in [0.15, 0.2) is 18.2 Å². The lowest BCUT2D eigenvalue weighted by molar-refractivity contribution is -0.149. The summed E-state index contributed by atoms with van der Waals surface area (Å²) in [6.45, 7) is 3.06. The van der Waals surface area contributed by atoms with E-state index in [2.05, 4.69) is 10.6 Å². The fourth-order valence-electron chi connectivity index (χ4n) is 1.87. The molecule has 1 rings (SSSR count). The molecule has 1 unspecified atom stereocenters. The molecule has 0 fully saturated rings. The number of nitrogens with two attached hydrogens (primary N) is 1. The first kappa shape index (κ1) is 19.7. The minimum absolute atomic E-state index is 0.0885. The monoisotopic (exact) mass is 359 g/mol. The lowest BCUT2D eigenvalue weighted by Gasteiger charge is -2.18. The van der Waals surface area contributed by atoms with Crippen LogP contribution in [-0.4, -0.2) is 30.6 Å². The van der Waals surface area contributed by atoms with E-state index in [1.165, 1.54) is 12.1 Å². The highest BCUT2D eigenvalue weighted by Crippen LogP contribution is 2.18. The Kier molecular flexibility index (Phi) is 7.44. The first-order valence-electron chi connectivity index (χ1n) is 7.16. The van der Waals surface area contributed by atoms with Gasteiger partial charge in [0.2, 0.25) is 0 Å². The maximum atomic E-state index is 13.6. The van der Waals surface area contributed by atoms with Crippen molar-refractivity contribution >= 4 is 35.2 Å². The van der Waals surface area contributed by atoms with Crippen molar-refractivity contribution in [3.63, 3.8) is 0 Å². The van der Waals surface area contributed by atoms with Gasteiger partial charge in [0.15, 0.2) is 6.61 Å². The summed E-state index contributed by atoms with van der Waals surface area (Å²) in [5, 5.41) is 4.70. The number of benzene rings is 1. The Morgan fingerprint density at radius 2 is 2.00 bits per heavy atom. The third kappa shape index (κ3) is 6.82. The van der Waals surface area contributed by atoms with Crippen LogP contribution in [0, 0.1) is 11.7 Å². The van der Waals surface area contributed by atoms with Gasteiger partial charge in [0.25, 0.3) is 5.91 Å². The van der Waals surface area contributed by atoms with Gasteiger partial charge in [0.05, 0.1) is 5.69 Å². The molecule has 1 atom stereocenters. The first-order valence-corrected chi connectivity index (χ1v) is 7.54. The minimum Gasteiger partial charge on any atom is -0.454 e. The summed E-state index contributed by atoms with van der Waals surface area (Å²) in [4.78, 5) is 34.6. The second-order valence-electron chi connectivity index (χ2n) is 5.47. The van der Waals surface area contributed by atoms with Crippen LogP contribution in [-0.2, 0) is 14.3 Å². The molecule has 4 N–H and O–H groups in total. The second-order valence-corrected chi connectivity index (χ2v) is 5.91. The average molecular weight is 360 g/mol. The lowest BCUT2D eigenvalue weighted by Crippen LogP contribution is -2.45. The van der Waals surface area contributed by atoms with Crippen LogP contribution in [0.25, 0.3) is 0 Å². The van der Waals surface area contributed by atoms with E-state index in [0.717, 1.165) is 6.07 Å². The zero-order valence-electron chi connectivity index (χ0n) is 13.3. The molecule has 0 saturated heterocycles. The molecule has 132 valence electrons. The highest BCUT2D eigenvalue weighted by molar-refractivity contribution is 6.30. The molecule has 0 aliphatic carbocycles. The molecule has 0 aliphatic rings. The van der Waals surface area contributed by atoms with Gasteiger partial charge < -0.3 is 21.1 Å². The number of nitrogens with one attached hydrogen (secondary N) is 2. The van der Waals surface area contributed by atoms with Crippen molar-refractivity contribution < 1.29 is 23.5 Å². The van der Waals surface area contributed by atoms with Gasteiger partial charge in [-0.3, -0.25) is 4.79 Å². The number of halogens is 2. The van der Waals surface area contributed by atoms with Crippen LogP contribution in [0.1, 0.15) is 20.3 Å². The number of anilines is 1. The lowest BCUT2D eigenvalue weighted by atomic mass is 10.0. The van der Waals surface area contributed by atoms with E-state index in [9.17, 15) is 18.8 Å². The fraction of sp³-hybridized carbons (Fsp3) is 0.400. The zero-order chi connectivity index (χ0) is 18.3. The predicted molar refractivity (Wildman–Crippen MR) is 87.0 cm³/mol. The van der Waals surface area contributed by atoms with Crippen molar-refractivity contribution in [3.8, 4) is 0 Å². The van der Waals surface area contributed by atoms with Gasteiger partial charge in [0.1, 0.15) is 11.9 Å². The van der Waals surface area contributed by atoms with E-state index in [0.29, 0.717) is 6.42 Å². The van der Waals surface area contributed by atoms with E-state index in [1.807, 2.05) is 13.8 Å². The summed E-state index contributed by atoms with van der Waals surface area (Å²) < 4.78 is 18.4. The van der Waals surface area contributed by atoms with E-state index in [-0.39, 0.29) is 16.6 Å². The highest BCUT2D eigenvalue weighted by Gasteiger charge is 2.23. The van der Waals surface area contributed by atoms with Crippen molar-refractivity contribution in [2.45, 2.75) is 26.3 Å². The Bertz CT molecular complexity index is 625. The summed E-state index contributed by atoms with van der Waals surface area (Å²) in [5.41, 5.74) is 4.92. The standard InChI is InChI=1S/C15H19ClFN3O4/c1-8(2)5-12(20-15(18)23)14(22)24-7-13(21)19-11-4-3-9(16)6-10(11)17/h3-4,6,8,12H,5,7H2,1-2H3,(H,19,21)(H3,18,20,23). The highest BCUT2D eigenvalue weighted by atomic mass is 35.5. The molecule has 9 heteroatoms. The maximum Gasteiger partial charge on any atom is 0.329 e. The van der Waals surface area contributed by atoms with Gasteiger partial charge in [-0.2, -0.15) is 0 Å². The van der Waals surface area contributed by atoms with Crippen molar-refractivity contribution in [2.75, 3.05) is 11.9 Å². The van der Waals surface area contributed by atoms with Crippen LogP contribution in [0.5, 0.6) is 0 Å². The third-order valence-corrected chi connectivity index (χ3v) is 3.09. The molecule has 0 bridgehead atoms. The van der Waals surface area contributed by atoms with Crippen LogP contribution in [0.4, 0.5) is 14.9 Å². The number of esters is 1. The predicted octanol–water partition coefficient (Wildman–Crippen LogP) is 2.04. The van der Waals surface area contributed by atoms with Gasteiger partial charge in [-0.25, -0.2) is 14.0 Å². The first-order chi connectivity index (χ1) is 11.2. The maximum absolute atomic E-state index is 13.6. The Balaban J connectivity index is 2.57. The number of amides is 3. The largest absolute Gasteiger partial charge is 0.454 e. The van der Waals surface area contributed by atoms with Gasteiger partial charge in [-0.15, -0.1) is 0 Å². The number of hydrogen-bond acceptors (Lipinski definition) is 4. The molecular formula is C15H19ClFN3O4. The molecule has 0 aromatic heterocycles. The fourth-order valence-corrected chi connectivity index (χ4v) is 2.03. The Hall–Kier alpha value is -2.35. The van der Waals surface area contributed by atoms with E-state index < -0.39 is 36.4 Å². The molecule has 1 aromatic rings. The van der Waals surface area contributed by atoms with Gasteiger partial charge in [-0.05, 0) is 30.5 Å². The van der Waals surface area contributed by atoms with Gasteiger partial charge in [-0.1, -0.05) is 25.4 Å². The van der Waals surface area contributed by atoms with E-state index in [1.54, 1.807) is 0 Å². The number of primary amides is 1. The summed E-state index contributed by atoms with van der Waals surface area (Å²) in [6.07, 6.45) is 0.301. The number of urea groups is 1. The topological polar surface area (TPSA) is 111 Å². The smallest absolute Gasteiger partial charge is 0.329 e. The zero-order valence-corrected chi connectivity index (χ0v) is 14.0. The number of rotatable bonds is 7. The summed E-state index contributed by atoms with van der Waals surface area (Å²) in [7, 11) is 0. The number of carbonyl (C=O) groups excluding carboxylic acids is 3. The SMILES string of the molecule is CC(C)CC(NC(N)=O)C(=O)OCC(=O)Nc1ccc(Cl)cc1F. The van der Waals surface area contributed by atoms with Crippen molar-refractivity contribution in [1.82, 2.24) is 5.32 Å². The van der Waals surface area contributed by atoms with Crippen molar-refractivity contribution in [2.24, 2.45) is 11.7 Å². The minimum atomic E-state index is -0.956. The molecule has 3 amide bonds. The molecule has 1 aromatic carbocycles. The van der Waals surface area contributed by atoms with Gasteiger partial charge in [0, 0.05) is 5.02 Å². The number of ether oxygens (including phenoxy) is 1. The van der Waals surface area contributed by atoms with Crippen LogP contribution in [0.2, 0.25) is 5.02 Å². The third-order valence-electron chi connectivity index (χ3n) is 2.86. The Morgan fingerprint density at radius 1 is 1.33 bits per heavy atom. The number of hydrogen-bond donors (Lipinski definition) is 3. The number of carbonyl (C=O) groups is 3. The summed E-state index contributed by atoms with van der Waals surface area (Å²) >= 11 is 5.61. The molecule has 0 saturated carbocycles. The van der Waals surface area contributed by atoms with E-state index >= 15 is 0 Å². The van der Waals surface area contributed by atoms with Crippen LogP contribution < -0.4 is 16.4 Å². The van der Waals surface area contributed by atoms with Crippen molar-refractivity contribution in [3.05, 3.63) is 29.0 Å². The van der Waals surface area contributed by atoms with Crippen LogP contribution >= 0.6 is 11.6 Å². The molecule has 0 radical (unpaired) electrons. The molecule has 7 nitrogen and oxygen atoms in total. The molecular weight excluding hydrogens is 341 g/mol. The normalized spacial score (nSPS) is 11.7. The summed E-state index contributed by atoms with van der Waals surface area (Å²) in [6, 6.07) is 1.90. The molecule has 0 spiro atoms. The van der Waals surface area contributed by atoms with E-state index in [4.69, 9.17) is 22.1 Å².